The van der Waals surface area contributed by atoms with Crippen LogP contribution in [0.2, 0.25) is 0 Å². The fraction of sp³-hybridized carbons (Fsp3) is 0.111. The molecule has 0 bridgehead atoms. The maximum Gasteiger partial charge on any atom is 0.262 e. The van der Waals surface area contributed by atoms with Crippen molar-refractivity contribution < 1.29 is 19.2 Å². The number of fused-ring (bicyclic) bond motifs is 1. The average Bonchev–Trinajstić information content (AvgIpc) is 2.80. The number of carbonyl (C=O) groups is 4. The first-order valence-corrected chi connectivity index (χ1v) is 8.22. The normalized spacial score (nSPS) is 13.0. The molecule has 1 heterocycles. The number of hydrogen-bond donors (Lipinski definition) is 1. The van der Waals surface area contributed by atoms with Gasteiger partial charge in [-0.1, -0.05) is 15.9 Å². The molecule has 0 unspecified atom stereocenters. The van der Waals surface area contributed by atoms with Gasteiger partial charge in [0.15, 0.2) is 5.78 Å². The van der Waals surface area contributed by atoms with Gasteiger partial charge in [0.1, 0.15) is 6.54 Å². The molecule has 1 aliphatic rings. The van der Waals surface area contributed by atoms with E-state index in [9.17, 15) is 19.2 Å². The Morgan fingerprint density at radius 1 is 1.00 bits per heavy atom. The zero-order valence-electron chi connectivity index (χ0n) is 13.2. The Bertz CT molecular complexity index is 906. The molecule has 0 fully saturated rings. The Balaban J connectivity index is 1.70. The molecule has 2 aromatic rings. The van der Waals surface area contributed by atoms with Crippen LogP contribution >= 0.6 is 15.9 Å². The van der Waals surface area contributed by atoms with Crippen LogP contribution in [0.15, 0.2) is 46.9 Å². The number of anilines is 1. The number of halogens is 1. The molecule has 2 aromatic carbocycles. The van der Waals surface area contributed by atoms with E-state index in [1.807, 2.05) is 0 Å². The summed E-state index contributed by atoms with van der Waals surface area (Å²) in [6.45, 7) is 1.08. The number of rotatable bonds is 4. The molecule has 0 saturated heterocycles. The van der Waals surface area contributed by atoms with Crippen LogP contribution in [-0.2, 0) is 4.79 Å². The Hall–Kier alpha value is -2.80. The van der Waals surface area contributed by atoms with Crippen LogP contribution in [0.3, 0.4) is 0 Å². The van der Waals surface area contributed by atoms with E-state index in [1.54, 1.807) is 42.5 Å². The second kappa shape index (κ2) is 6.60. The smallest absolute Gasteiger partial charge is 0.262 e. The van der Waals surface area contributed by atoms with Gasteiger partial charge in [0, 0.05) is 15.7 Å². The van der Waals surface area contributed by atoms with Gasteiger partial charge in [-0.05, 0) is 49.4 Å². The molecule has 25 heavy (non-hydrogen) atoms. The van der Waals surface area contributed by atoms with E-state index in [4.69, 9.17) is 0 Å². The third-order valence-electron chi connectivity index (χ3n) is 3.81. The number of benzene rings is 2. The predicted molar refractivity (Wildman–Crippen MR) is 94.6 cm³/mol. The fourth-order valence-electron chi connectivity index (χ4n) is 2.54. The Morgan fingerprint density at radius 3 is 2.28 bits per heavy atom. The highest BCUT2D eigenvalue weighted by Gasteiger charge is 2.36. The number of imide groups is 1. The highest BCUT2D eigenvalue weighted by Crippen LogP contribution is 2.25. The van der Waals surface area contributed by atoms with Gasteiger partial charge in [0.2, 0.25) is 5.91 Å². The SMILES string of the molecule is CC(=O)c1ccc(NC(=O)CN2C(=O)c3ccc(Br)cc3C2=O)cc1. The number of carbonyl (C=O) groups excluding carboxylic acids is 4. The highest BCUT2D eigenvalue weighted by molar-refractivity contribution is 9.10. The van der Waals surface area contributed by atoms with Gasteiger partial charge in [0.05, 0.1) is 11.1 Å². The molecule has 0 atom stereocenters. The molecule has 3 amide bonds. The largest absolute Gasteiger partial charge is 0.325 e. The molecule has 1 aliphatic heterocycles. The van der Waals surface area contributed by atoms with E-state index < -0.39 is 17.7 Å². The molecule has 0 aromatic heterocycles. The van der Waals surface area contributed by atoms with E-state index >= 15 is 0 Å². The summed E-state index contributed by atoms with van der Waals surface area (Å²) >= 11 is 3.26. The third-order valence-corrected chi connectivity index (χ3v) is 4.30. The second-order valence-corrected chi connectivity index (χ2v) is 6.48. The van der Waals surface area contributed by atoms with Gasteiger partial charge in [-0.25, -0.2) is 0 Å². The van der Waals surface area contributed by atoms with Gasteiger partial charge in [-0.3, -0.25) is 24.1 Å². The highest BCUT2D eigenvalue weighted by atomic mass is 79.9. The minimum absolute atomic E-state index is 0.0740. The van der Waals surface area contributed by atoms with Gasteiger partial charge < -0.3 is 5.32 Å². The summed E-state index contributed by atoms with van der Waals surface area (Å²) in [6, 6.07) is 11.2. The lowest BCUT2D eigenvalue weighted by atomic mass is 10.1. The summed E-state index contributed by atoms with van der Waals surface area (Å²) in [5.41, 5.74) is 1.57. The molecule has 7 heteroatoms. The molecule has 3 rings (SSSR count). The van der Waals surface area contributed by atoms with Crippen molar-refractivity contribution in [2.75, 3.05) is 11.9 Å². The van der Waals surface area contributed by atoms with Crippen LogP contribution < -0.4 is 5.32 Å². The van der Waals surface area contributed by atoms with Gasteiger partial charge in [-0.15, -0.1) is 0 Å². The van der Waals surface area contributed by atoms with E-state index in [1.165, 1.54) is 6.92 Å². The van der Waals surface area contributed by atoms with Crippen molar-refractivity contribution in [2.45, 2.75) is 6.92 Å². The molecular weight excluding hydrogens is 388 g/mol. The molecule has 0 saturated carbocycles. The average molecular weight is 401 g/mol. The number of nitrogens with one attached hydrogen (secondary N) is 1. The zero-order valence-corrected chi connectivity index (χ0v) is 14.8. The van der Waals surface area contributed by atoms with Crippen LogP contribution in [0, 0.1) is 0 Å². The number of ketones is 1. The monoisotopic (exact) mass is 400 g/mol. The number of nitrogens with zero attached hydrogens (tertiary/aromatic N) is 1. The summed E-state index contributed by atoms with van der Waals surface area (Å²) < 4.78 is 0.685. The van der Waals surface area contributed by atoms with E-state index in [-0.39, 0.29) is 23.5 Å². The van der Waals surface area contributed by atoms with E-state index in [0.29, 0.717) is 15.7 Å². The van der Waals surface area contributed by atoms with Crippen molar-refractivity contribution in [1.82, 2.24) is 4.90 Å². The maximum absolute atomic E-state index is 12.3. The molecule has 0 aliphatic carbocycles. The van der Waals surface area contributed by atoms with Crippen molar-refractivity contribution in [3.8, 4) is 0 Å². The Morgan fingerprint density at radius 2 is 1.64 bits per heavy atom. The second-order valence-electron chi connectivity index (χ2n) is 5.57. The molecule has 0 spiro atoms. The first-order valence-electron chi connectivity index (χ1n) is 7.43. The summed E-state index contributed by atoms with van der Waals surface area (Å²) in [5.74, 6) is -1.56. The van der Waals surface area contributed by atoms with Crippen molar-refractivity contribution in [3.05, 3.63) is 63.6 Å². The van der Waals surface area contributed by atoms with Crippen LogP contribution in [0.5, 0.6) is 0 Å². The quantitative estimate of drug-likeness (QED) is 0.631. The fourth-order valence-corrected chi connectivity index (χ4v) is 2.90. The van der Waals surface area contributed by atoms with E-state index in [0.717, 1.165) is 4.90 Å². The van der Waals surface area contributed by atoms with E-state index in [2.05, 4.69) is 21.2 Å². The summed E-state index contributed by atoms with van der Waals surface area (Å²) in [7, 11) is 0. The lowest BCUT2D eigenvalue weighted by Crippen LogP contribution is -2.37. The van der Waals surface area contributed by atoms with Gasteiger partial charge >= 0.3 is 0 Å². The minimum Gasteiger partial charge on any atom is -0.325 e. The van der Waals surface area contributed by atoms with Crippen molar-refractivity contribution in [3.63, 3.8) is 0 Å². The molecular formula is C18H13BrN2O4. The lowest BCUT2D eigenvalue weighted by molar-refractivity contribution is -0.116. The summed E-state index contributed by atoms with van der Waals surface area (Å²) in [4.78, 5) is 48.9. The van der Waals surface area contributed by atoms with Gasteiger partial charge in [-0.2, -0.15) is 0 Å². The van der Waals surface area contributed by atoms with Crippen LogP contribution in [0.25, 0.3) is 0 Å². The van der Waals surface area contributed by atoms with Gasteiger partial charge in [0.25, 0.3) is 11.8 Å². The molecule has 0 radical (unpaired) electrons. The van der Waals surface area contributed by atoms with Crippen LogP contribution in [-0.4, -0.2) is 34.9 Å². The maximum atomic E-state index is 12.3. The molecule has 1 N–H and O–H groups in total. The number of amides is 3. The van der Waals surface area contributed by atoms with Crippen LogP contribution in [0.4, 0.5) is 5.69 Å². The predicted octanol–water partition coefficient (Wildman–Crippen LogP) is 2.89. The van der Waals surface area contributed by atoms with Crippen molar-refractivity contribution >= 4 is 45.1 Å². The summed E-state index contributed by atoms with van der Waals surface area (Å²) in [6.07, 6.45) is 0. The first kappa shape index (κ1) is 17.0. The standard InChI is InChI=1S/C18H13BrN2O4/c1-10(22)11-2-5-13(6-3-11)20-16(23)9-21-17(24)14-7-4-12(19)8-15(14)18(21)25/h2-8H,9H2,1H3,(H,20,23). The Kier molecular flexibility index (Phi) is 4.50. The number of hydrogen-bond acceptors (Lipinski definition) is 4. The lowest BCUT2D eigenvalue weighted by Gasteiger charge is -2.13. The third kappa shape index (κ3) is 3.36. The zero-order chi connectivity index (χ0) is 18.1. The Labute approximate surface area is 151 Å². The van der Waals surface area contributed by atoms with Crippen LogP contribution in [0.1, 0.15) is 38.0 Å². The van der Waals surface area contributed by atoms with Crippen molar-refractivity contribution in [1.29, 1.82) is 0 Å². The molecule has 126 valence electrons. The minimum atomic E-state index is -0.497. The first-order chi connectivity index (χ1) is 11.9. The number of Topliss-reactive ketones (excluding diaryl/α,β-unsaturated/α-hetero) is 1. The summed E-state index contributed by atoms with van der Waals surface area (Å²) in [5, 5.41) is 2.61. The van der Waals surface area contributed by atoms with Crippen molar-refractivity contribution in [2.24, 2.45) is 0 Å². The molecule has 6 nitrogen and oxygen atoms in total. The topological polar surface area (TPSA) is 83.6 Å².